The summed E-state index contributed by atoms with van der Waals surface area (Å²) >= 11 is 0. The fourth-order valence-corrected chi connectivity index (χ4v) is 4.26. The summed E-state index contributed by atoms with van der Waals surface area (Å²) in [4.78, 5) is 4.83. The van der Waals surface area contributed by atoms with Gasteiger partial charge in [-0.2, -0.15) is 0 Å². The molecule has 2 heterocycles. The summed E-state index contributed by atoms with van der Waals surface area (Å²) in [7, 11) is 0. The van der Waals surface area contributed by atoms with Crippen LogP contribution in [0.5, 0.6) is 0 Å². The van der Waals surface area contributed by atoms with Crippen molar-refractivity contribution in [2.45, 2.75) is 70.1 Å². The molecular formula is C22H36N2O2. The van der Waals surface area contributed by atoms with Crippen LogP contribution < -0.4 is 0 Å². The first-order valence-electron chi connectivity index (χ1n) is 10.3. The van der Waals surface area contributed by atoms with Gasteiger partial charge >= 0.3 is 0 Å². The number of likely N-dealkylation sites (tertiary alicyclic amines) is 2. The number of piperidine rings is 1. The summed E-state index contributed by atoms with van der Waals surface area (Å²) in [6, 6.07) is 8.75. The van der Waals surface area contributed by atoms with Gasteiger partial charge in [-0.3, -0.25) is 4.90 Å². The van der Waals surface area contributed by atoms with E-state index < -0.39 is 11.2 Å². The zero-order valence-corrected chi connectivity index (χ0v) is 16.6. The lowest BCUT2D eigenvalue weighted by Gasteiger charge is -2.33. The highest BCUT2D eigenvalue weighted by Crippen LogP contribution is 2.25. The number of hydrogen-bond acceptors (Lipinski definition) is 4. The number of benzene rings is 1. The lowest BCUT2D eigenvalue weighted by molar-refractivity contribution is 0.00635. The van der Waals surface area contributed by atoms with Gasteiger partial charge in [-0.15, -0.1) is 0 Å². The van der Waals surface area contributed by atoms with E-state index in [1.165, 1.54) is 30.4 Å². The van der Waals surface area contributed by atoms with Gasteiger partial charge in [-0.25, -0.2) is 0 Å². The smallest absolute Gasteiger partial charge is 0.0912 e. The van der Waals surface area contributed by atoms with Gasteiger partial charge in [0.15, 0.2) is 0 Å². The number of aryl methyl sites for hydroxylation is 1. The van der Waals surface area contributed by atoms with E-state index in [0.29, 0.717) is 0 Å². The first-order chi connectivity index (χ1) is 12.3. The Morgan fingerprint density at radius 1 is 0.962 bits per heavy atom. The molecule has 2 fully saturated rings. The van der Waals surface area contributed by atoms with Crippen molar-refractivity contribution in [3.05, 3.63) is 35.4 Å². The topological polar surface area (TPSA) is 46.9 Å². The quantitative estimate of drug-likeness (QED) is 0.785. The van der Waals surface area contributed by atoms with E-state index in [4.69, 9.17) is 0 Å². The summed E-state index contributed by atoms with van der Waals surface area (Å²) in [6.45, 7) is 9.52. The van der Waals surface area contributed by atoms with Crippen molar-refractivity contribution in [1.82, 2.24) is 9.80 Å². The third-order valence-corrected chi connectivity index (χ3v) is 5.83. The van der Waals surface area contributed by atoms with Crippen LogP contribution in [0.25, 0.3) is 0 Å². The van der Waals surface area contributed by atoms with Crippen molar-refractivity contribution in [2.75, 3.05) is 32.7 Å². The van der Waals surface area contributed by atoms with Crippen molar-refractivity contribution in [1.29, 1.82) is 0 Å². The minimum atomic E-state index is -0.604. The van der Waals surface area contributed by atoms with E-state index in [1.807, 2.05) is 13.8 Å². The highest BCUT2D eigenvalue weighted by Gasteiger charge is 2.37. The van der Waals surface area contributed by atoms with Gasteiger partial charge < -0.3 is 15.1 Å². The molecule has 1 aromatic rings. The van der Waals surface area contributed by atoms with Gasteiger partial charge in [-0.05, 0) is 70.2 Å². The fourth-order valence-electron chi connectivity index (χ4n) is 4.26. The summed E-state index contributed by atoms with van der Waals surface area (Å²) in [5.74, 6) is 0. The Morgan fingerprint density at radius 2 is 1.62 bits per heavy atom. The average molecular weight is 361 g/mol. The third-order valence-electron chi connectivity index (χ3n) is 5.83. The first-order valence-corrected chi connectivity index (χ1v) is 10.3. The molecule has 1 aromatic carbocycles. The molecule has 1 atom stereocenters. The molecule has 4 heteroatoms. The van der Waals surface area contributed by atoms with E-state index in [-0.39, 0.29) is 0 Å². The molecule has 146 valence electrons. The van der Waals surface area contributed by atoms with E-state index in [9.17, 15) is 10.2 Å². The van der Waals surface area contributed by atoms with Crippen molar-refractivity contribution >= 4 is 0 Å². The van der Waals surface area contributed by atoms with E-state index in [2.05, 4.69) is 34.1 Å². The van der Waals surface area contributed by atoms with Crippen molar-refractivity contribution in [3.8, 4) is 0 Å². The predicted octanol–water partition coefficient (Wildman–Crippen LogP) is 2.81. The van der Waals surface area contributed by atoms with Crippen LogP contribution in [0.4, 0.5) is 0 Å². The van der Waals surface area contributed by atoms with Gasteiger partial charge in [0.2, 0.25) is 0 Å². The van der Waals surface area contributed by atoms with Crippen LogP contribution in [0.3, 0.4) is 0 Å². The highest BCUT2D eigenvalue weighted by molar-refractivity contribution is 5.23. The standard InChI is InChI=1S/C22H36N2O2/c1-21(2,25)11-10-19-6-8-20(9-7-19)16-24-15-12-22(26,18-24)17-23-13-4-3-5-14-23/h6-9,25-26H,3-5,10-18H2,1-2H3/t22-/m1/s1. The van der Waals surface area contributed by atoms with Gasteiger partial charge in [-0.1, -0.05) is 30.7 Å². The maximum atomic E-state index is 11.0. The lowest BCUT2D eigenvalue weighted by atomic mass is 9.98. The van der Waals surface area contributed by atoms with Gasteiger partial charge in [0.1, 0.15) is 0 Å². The van der Waals surface area contributed by atoms with Crippen LogP contribution in [0.15, 0.2) is 24.3 Å². The molecule has 0 amide bonds. The Kier molecular flexibility index (Phi) is 6.39. The average Bonchev–Trinajstić information content (AvgIpc) is 2.95. The fraction of sp³-hybridized carbons (Fsp3) is 0.727. The number of aliphatic hydroxyl groups is 2. The summed E-state index contributed by atoms with van der Waals surface area (Å²) in [6.07, 6.45) is 6.46. The molecular weight excluding hydrogens is 324 g/mol. The van der Waals surface area contributed by atoms with Crippen LogP contribution in [-0.2, 0) is 13.0 Å². The second-order valence-electron chi connectivity index (χ2n) is 9.15. The number of β-amino-alcohol motifs (C(OH)–C–C–N with tert-alkyl or cyclic N) is 1. The molecule has 0 saturated carbocycles. The maximum absolute atomic E-state index is 11.0. The van der Waals surface area contributed by atoms with E-state index >= 15 is 0 Å². The molecule has 2 aliphatic rings. The van der Waals surface area contributed by atoms with Gasteiger partial charge in [0.25, 0.3) is 0 Å². The van der Waals surface area contributed by atoms with Crippen LogP contribution in [-0.4, -0.2) is 63.9 Å². The minimum Gasteiger partial charge on any atom is -0.390 e. The molecule has 0 radical (unpaired) electrons. The van der Waals surface area contributed by atoms with E-state index in [1.54, 1.807) is 0 Å². The molecule has 0 aliphatic carbocycles. The normalized spacial score (nSPS) is 25.7. The number of hydrogen-bond donors (Lipinski definition) is 2. The zero-order valence-electron chi connectivity index (χ0n) is 16.6. The minimum absolute atomic E-state index is 0.538. The number of nitrogens with zero attached hydrogens (tertiary/aromatic N) is 2. The SMILES string of the molecule is CC(C)(O)CCc1ccc(CN2CC[C@@](O)(CN3CCCCC3)C2)cc1. The second kappa shape index (κ2) is 8.39. The number of rotatable bonds is 7. The first kappa shape index (κ1) is 19.8. The maximum Gasteiger partial charge on any atom is 0.0912 e. The Bertz CT molecular complexity index is 561. The Balaban J connectivity index is 1.47. The molecule has 4 nitrogen and oxygen atoms in total. The van der Waals surface area contributed by atoms with Gasteiger partial charge in [0.05, 0.1) is 11.2 Å². The highest BCUT2D eigenvalue weighted by atomic mass is 16.3. The van der Waals surface area contributed by atoms with Crippen molar-refractivity contribution in [2.24, 2.45) is 0 Å². The largest absolute Gasteiger partial charge is 0.390 e. The summed E-state index contributed by atoms with van der Waals surface area (Å²) < 4.78 is 0. The zero-order chi connectivity index (χ0) is 18.6. The molecule has 0 aromatic heterocycles. The van der Waals surface area contributed by atoms with Crippen molar-refractivity contribution < 1.29 is 10.2 Å². The van der Waals surface area contributed by atoms with Crippen LogP contribution in [0.2, 0.25) is 0 Å². The second-order valence-corrected chi connectivity index (χ2v) is 9.15. The van der Waals surface area contributed by atoms with Crippen LogP contribution in [0.1, 0.15) is 57.1 Å². The third kappa shape index (κ3) is 6.05. The van der Waals surface area contributed by atoms with Gasteiger partial charge in [0, 0.05) is 26.2 Å². The lowest BCUT2D eigenvalue weighted by Crippen LogP contribution is -2.46. The monoisotopic (exact) mass is 360 g/mol. The van der Waals surface area contributed by atoms with Crippen molar-refractivity contribution in [3.63, 3.8) is 0 Å². The molecule has 2 saturated heterocycles. The van der Waals surface area contributed by atoms with E-state index in [0.717, 1.165) is 58.5 Å². The van der Waals surface area contributed by atoms with Crippen LogP contribution >= 0.6 is 0 Å². The Labute approximate surface area is 158 Å². The summed E-state index contributed by atoms with van der Waals surface area (Å²) in [5, 5.41) is 20.8. The molecule has 0 spiro atoms. The molecule has 0 bridgehead atoms. The summed E-state index contributed by atoms with van der Waals surface area (Å²) in [5.41, 5.74) is 1.44. The molecule has 2 aliphatic heterocycles. The van der Waals surface area contributed by atoms with Crippen LogP contribution in [0, 0.1) is 0 Å². The molecule has 3 rings (SSSR count). The molecule has 26 heavy (non-hydrogen) atoms. The molecule has 0 unspecified atom stereocenters. The predicted molar refractivity (Wildman–Crippen MR) is 106 cm³/mol. The molecule has 2 N–H and O–H groups in total. The Hall–Kier alpha value is -0.940. The Morgan fingerprint density at radius 3 is 2.27 bits per heavy atom.